The lowest BCUT2D eigenvalue weighted by molar-refractivity contribution is -0.277. The van der Waals surface area contributed by atoms with Crippen LogP contribution in [0, 0.1) is 0 Å². The van der Waals surface area contributed by atoms with Gasteiger partial charge in [0.1, 0.15) is 53.3 Å². The Morgan fingerprint density at radius 3 is 2.48 bits per heavy atom. The molecule has 0 bridgehead atoms. The zero-order chi connectivity index (χ0) is 22.1. The van der Waals surface area contributed by atoms with E-state index in [9.17, 15) is 25.2 Å². The number of benzene rings is 2. The Kier molecular flexibility index (Phi) is 6.12. The molecule has 2 aliphatic heterocycles. The van der Waals surface area contributed by atoms with Gasteiger partial charge in [-0.2, -0.15) is 0 Å². The van der Waals surface area contributed by atoms with Crippen LogP contribution in [-0.4, -0.2) is 70.6 Å². The number of fused-ring (bicyclic) bond motifs is 1. The minimum absolute atomic E-state index is 0.147. The van der Waals surface area contributed by atoms with Crippen LogP contribution in [0.1, 0.15) is 28.4 Å². The molecule has 0 unspecified atom stereocenters. The number of Topliss-reactive ketones (excluding diaryl/α,β-unsaturated/α-hetero) is 1. The van der Waals surface area contributed by atoms with Crippen molar-refractivity contribution in [1.82, 2.24) is 0 Å². The molecule has 1 saturated heterocycles. The molecule has 0 aromatic heterocycles. The van der Waals surface area contributed by atoms with Gasteiger partial charge in [-0.3, -0.25) is 4.79 Å². The maximum Gasteiger partial charge on any atom is 0.229 e. The third-order valence-electron chi connectivity index (χ3n) is 5.45. The molecule has 0 saturated carbocycles. The normalized spacial score (nSPS) is 30.3. The summed E-state index contributed by atoms with van der Waals surface area (Å²) in [5.74, 6) is 0.491. The topological polar surface area (TPSA) is 135 Å². The molecule has 2 aromatic carbocycles. The summed E-state index contributed by atoms with van der Waals surface area (Å²) >= 11 is 0. The lowest BCUT2D eigenvalue weighted by Gasteiger charge is -2.39. The first kappa shape index (κ1) is 21.5. The molecular weight excluding hydrogens is 408 g/mol. The smallest absolute Gasteiger partial charge is 0.229 e. The van der Waals surface area contributed by atoms with Crippen molar-refractivity contribution < 1.29 is 44.2 Å². The molecule has 2 aliphatic rings. The van der Waals surface area contributed by atoms with Crippen molar-refractivity contribution in [2.45, 2.75) is 43.2 Å². The van der Waals surface area contributed by atoms with E-state index in [1.165, 1.54) is 19.2 Å². The summed E-state index contributed by atoms with van der Waals surface area (Å²) in [6.07, 6.45) is -7.44. The average molecular weight is 432 g/mol. The molecule has 9 heteroatoms. The molecule has 9 nitrogen and oxygen atoms in total. The maximum absolute atomic E-state index is 12.8. The highest BCUT2D eigenvalue weighted by Gasteiger charge is 2.45. The van der Waals surface area contributed by atoms with Gasteiger partial charge in [0.2, 0.25) is 6.29 Å². The average Bonchev–Trinajstić information content (AvgIpc) is 2.79. The van der Waals surface area contributed by atoms with Gasteiger partial charge in [0.15, 0.2) is 5.78 Å². The zero-order valence-corrected chi connectivity index (χ0v) is 16.7. The number of aliphatic hydroxyl groups is 4. The number of carbonyl (C=O) groups excluding carboxylic acids is 1. The summed E-state index contributed by atoms with van der Waals surface area (Å²) in [5, 5.41) is 39.5. The lowest BCUT2D eigenvalue weighted by atomic mass is 9.95. The second-order valence-electron chi connectivity index (χ2n) is 7.46. The summed E-state index contributed by atoms with van der Waals surface area (Å²) in [7, 11) is 1.41. The van der Waals surface area contributed by atoms with Crippen LogP contribution >= 0.6 is 0 Å². The monoisotopic (exact) mass is 432 g/mol. The van der Waals surface area contributed by atoms with Gasteiger partial charge in [-0.15, -0.1) is 0 Å². The summed E-state index contributed by atoms with van der Waals surface area (Å²) in [4.78, 5) is 12.8. The summed E-state index contributed by atoms with van der Waals surface area (Å²) in [6.45, 7) is -0.575. The van der Waals surface area contributed by atoms with Crippen LogP contribution in [0.2, 0.25) is 0 Å². The predicted octanol–water partition coefficient (Wildman–Crippen LogP) is 0.580. The summed E-state index contributed by atoms with van der Waals surface area (Å²) in [5.41, 5.74) is 1.14. The molecule has 2 heterocycles. The highest BCUT2D eigenvalue weighted by Crippen LogP contribution is 2.42. The number of carbonyl (C=O) groups is 1. The van der Waals surface area contributed by atoms with E-state index in [-0.39, 0.29) is 35.0 Å². The molecule has 166 valence electrons. The first-order chi connectivity index (χ1) is 14.9. The molecule has 0 amide bonds. The summed E-state index contributed by atoms with van der Waals surface area (Å²) < 4.78 is 22.5. The lowest BCUT2D eigenvalue weighted by Crippen LogP contribution is -2.60. The van der Waals surface area contributed by atoms with Gasteiger partial charge in [-0.1, -0.05) is 30.3 Å². The second kappa shape index (κ2) is 8.81. The van der Waals surface area contributed by atoms with E-state index in [1.807, 2.05) is 30.3 Å². The first-order valence-corrected chi connectivity index (χ1v) is 9.87. The largest absolute Gasteiger partial charge is 0.496 e. The van der Waals surface area contributed by atoms with Crippen molar-refractivity contribution in [3.8, 4) is 17.2 Å². The van der Waals surface area contributed by atoms with Crippen molar-refractivity contribution in [1.29, 1.82) is 0 Å². The molecule has 1 fully saturated rings. The highest BCUT2D eigenvalue weighted by molar-refractivity contribution is 6.02. The molecule has 0 spiro atoms. The van der Waals surface area contributed by atoms with Crippen molar-refractivity contribution in [3.05, 3.63) is 53.6 Å². The van der Waals surface area contributed by atoms with E-state index in [0.29, 0.717) is 0 Å². The standard InChI is InChI=1S/C22H24O9/c1-28-15-7-12(29-22-21(27)20(26)19(25)17(10-23)31-22)8-16-18(15)13(24)9-14(30-16)11-5-3-2-4-6-11/h2-8,14,17,19-23,25-27H,9-10H2,1H3/t14-,17+,19+,20-,21+,22+/m0/s1. The van der Waals surface area contributed by atoms with Gasteiger partial charge < -0.3 is 39.4 Å². The first-order valence-electron chi connectivity index (χ1n) is 9.87. The number of rotatable bonds is 5. The fraction of sp³-hybridized carbons (Fsp3) is 0.409. The Balaban J connectivity index is 1.63. The van der Waals surface area contributed by atoms with Gasteiger partial charge in [-0.25, -0.2) is 0 Å². The van der Waals surface area contributed by atoms with E-state index >= 15 is 0 Å². The van der Waals surface area contributed by atoms with E-state index < -0.39 is 43.4 Å². The third-order valence-corrected chi connectivity index (χ3v) is 5.45. The molecule has 2 aromatic rings. The van der Waals surface area contributed by atoms with Gasteiger partial charge in [0.25, 0.3) is 0 Å². The minimum Gasteiger partial charge on any atom is -0.496 e. The molecule has 6 atom stereocenters. The predicted molar refractivity (Wildman–Crippen MR) is 106 cm³/mol. The number of hydrogen-bond acceptors (Lipinski definition) is 9. The Morgan fingerprint density at radius 1 is 1.06 bits per heavy atom. The fourth-order valence-corrected chi connectivity index (χ4v) is 3.78. The number of ketones is 1. The van der Waals surface area contributed by atoms with Crippen molar-refractivity contribution >= 4 is 5.78 Å². The second-order valence-corrected chi connectivity index (χ2v) is 7.46. The van der Waals surface area contributed by atoms with Gasteiger partial charge in [0, 0.05) is 12.1 Å². The Hall–Kier alpha value is -2.69. The van der Waals surface area contributed by atoms with Crippen LogP contribution in [0.15, 0.2) is 42.5 Å². The maximum atomic E-state index is 12.8. The Labute approximate surface area is 178 Å². The Bertz CT molecular complexity index is 930. The minimum atomic E-state index is -1.57. The van der Waals surface area contributed by atoms with Gasteiger partial charge >= 0.3 is 0 Å². The number of aliphatic hydroxyl groups excluding tert-OH is 4. The highest BCUT2D eigenvalue weighted by atomic mass is 16.7. The van der Waals surface area contributed by atoms with Crippen molar-refractivity contribution in [3.63, 3.8) is 0 Å². The fourth-order valence-electron chi connectivity index (χ4n) is 3.78. The quantitative estimate of drug-likeness (QED) is 0.535. The van der Waals surface area contributed by atoms with Crippen LogP contribution in [0.4, 0.5) is 0 Å². The van der Waals surface area contributed by atoms with E-state index in [0.717, 1.165) is 5.56 Å². The van der Waals surface area contributed by atoms with Crippen LogP contribution in [0.3, 0.4) is 0 Å². The number of ether oxygens (including phenoxy) is 4. The van der Waals surface area contributed by atoms with E-state index in [1.54, 1.807) is 0 Å². The number of methoxy groups -OCH3 is 1. The van der Waals surface area contributed by atoms with Gasteiger partial charge in [0.05, 0.1) is 20.1 Å². The molecule has 4 N–H and O–H groups in total. The van der Waals surface area contributed by atoms with Crippen LogP contribution < -0.4 is 14.2 Å². The summed E-state index contributed by atoms with van der Waals surface area (Å²) in [6, 6.07) is 12.3. The third kappa shape index (κ3) is 4.10. The van der Waals surface area contributed by atoms with Crippen LogP contribution in [0.5, 0.6) is 17.2 Å². The van der Waals surface area contributed by atoms with E-state index in [4.69, 9.17) is 18.9 Å². The van der Waals surface area contributed by atoms with Crippen LogP contribution in [-0.2, 0) is 4.74 Å². The molecule has 0 aliphatic carbocycles. The zero-order valence-electron chi connectivity index (χ0n) is 16.7. The van der Waals surface area contributed by atoms with Crippen LogP contribution in [0.25, 0.3) is 0 Å². The number of hydrogen-bond donors (Lipinski definition) is 4. The molecular formula is C22H24O9. The molecule has 31 heavy (non-hydrogen) atoms. The van der Waals surface area contributed by atoms with E-state index in [2.05, 4.69) is 0 Å². The van der Waals surface area contributed by atoms with Gasteiger partial charge in [-0.05, 0) is 5.56 Å². The van der Waals surface area contributed by atoms with Crippen molar-refractivity contribution in [2.24, 2.45) is 0 Å². The molecule has 4 rings (SSSR count). The van der Waals surface area contributed by atoms with Crippen molar-refractivity contribution in [2.75, 3.05) is 13.7 Å². The molecule has 0 radical (unpaired) electrons. The SMILES string of the molecule is COc1cc(O[C@@H]2O[C@H](CO)[C@@H](O)[C@H](O)[C@H]2O)cc2c1C(=O)C[C@@H](c1ccccc1)O2. The Morgan fingerprint density at radius 2 is 1.81 bits per heavy atom.